The van der Waals surface area contributed by atoms with Gasteiger partial charge in [0, 0.05) is 24.3 Å². The van der Waals surface area contributed by atoms with E-state index in [0.717, 1.165) is 11.3 Å². The van der Waals surface area contributed by atoms with Crippen molar-refractivity contribution in [3.05, 3.63) is 58.6 Å². The first-order valence-electron chi connectivity index (χ1n) is 8.77. The molecule has 0 heterocycles. The second-order valence-corrected chi connectivity index (χ2v) is 6.26. The van der Waals surface area contributed by atoms with E-state index in [-0.39, 0.29) is 35.8 Å². The number of halogens is 2. The molecule has 0 aromatic heterocycles. The van der Waals surface area contributed by atoms with Crippen LogP contribution in [0.1, 0.15) is 29.8 Å². The van der Waals surface area contributed by atoms with Crippen LogP contribution in [0, 0.1) is 0 Å². The third-order valence-corrected chi connectivity index (χ3v) is 4.40. The Labute approximate surface area is 188 Å². The molecule has 0 fully saturated rings. The summed E-state index contributed by atoms with van der Waals surface area (Å²) in [7, 11) is 1.56. The number of nitrogens with zero attached hydrogens (tertiary/aromatic N) is 2. The lowest BCUT2D eigenvalue weighted by molar-refractivity contribution is 0.0773. The quantitative estimate of drug-likeness (QED) is 0.325. The molecule has 3 N–H and O–H groups in total. The Morgan fingerprint density at radius 2 is 1.82 bits per heavy atom. The van der Waals surface area contributed by atoms with Crippen molar-refractivity contribution in [1.29, 1.82) is 0 Å². The number of rotatable bonds is 7. The summed E-state index contributed by atoms with van der Waals surface area (Å²) in [6, 6.07) is 12.7. The Balaban J connectivity index is 0.00000392. The topological polar surface area (TPSA) is 80.0 Å². The summed E-state index contributed by atoms with van der Waals surface area (Å²) >= 11 is 6.09. The number of amides is 1. The number of guanidine groups is 1. The van der Waals surface area contributed by atoms with Crippen molar-refractivity contribution >= 4 is 53.1 Å². The lowest BCUT2D eigenvalue weighted by Crippen LogP contribution is -2.30. The Morgan fingerprint density at radius 3 is 2.36 bits per heavy atom. The summed E-state index contributed by atoms with van der Waals surface area (Å²) in [6.07, 6.45) is 0. The van der Waals surface area contributed by atoms with E-state index in [0.29, 0.717) is 36.0 Å². The number of carbonyl (C=O) groups excluding carboxylic acids is 1. The molecule has 0 spiro atoms. The third-order valence-electron chi connectivity index (χ3n) is 4.11. The first-order valence-corrected chi connectivity index (χ1v) is 9.15. The molecule has 8 heteroatoms. The van der Waals surface area contributed by atoms with Crippen LogP contribution in [0.25, 0.3) is 0 Å². The molecule has 2 rings (SSSR count). The minimum atomic E-state index is 0. The van der Waals surface area contributed by atoms with E-state index in [1.54, 1.807) is 30.2 Å². The fraction of sp³-hybridized carbons (Fsp3) is 0.300. The number of nitrogens with one attached hydrogen (secondary N) is 1. The zero-order valence-corrected chi connectivity index (χ0v) is 19.3. The van der Waals surface area contributed by atoms with E-state index < -0.39 is 0 Å². The number of nitrogens with two attached hydrogens (primary N) is 1. The third kappa shape index (κ3) is 6.56. The first-order chi connectivity index (χ1) is 13.0. The SMILES string of the molecule is CCN(CC)C(=O)c1ccc(CN=C(N)Nc2ccc(OC)c(Cl)c2)cc1.I. The van der Waals surface area contributed by atoms with Crippen LogP contribution in [0.4, 0.5) is 5.69 Å². The fourth-order valence-electron chi connectivity index (χ4n) is 2.55. The van der Waals surface area contributed by atoms with Gasteiger partial charge >= 0.3 is 0 Å². The number of aliphatic imine (C=N–C) groups is 1. The molecular weight excluding hydrogens is 491 g/mol. The van der Waals surface area contributed by atoms with E-state index in [1.165, 1.54) is 0 Å². The molecule has 0 saturated heterocycles. The highest BCUT2D eigenvalue weighted by atomic mass is 127. The molecule has 28 heavy (non-hydrogen) atoms. The molecule has 0 aliphatic heterocycles. The molecule has 0 atom stereocenters. The maximum Gasteiger partial charge on any atom is 0.253 e. The van der Waals surface area contributed by atoms with E-state index in [2.05, 4.69) is 10.3 Å². The van der Waals surface area contributed by atoms with E-state index >= 15 is 0 Å². The van der Waals surface area contributed by atoms with Crippen LogP contribution in [0.3, 0.4) is 0 Å². The lowest BCUT2D eigenvalue weighted by atomic mass is 10.1. The molecule has 0 aliphatic carbocycles. The van der Waals surface area contributed by atoms with Crippen LogP contribution in [0.5, 0.6) is 5.75 Å². The summed E-state index contributed by atoms with van der Waals surface area (Å²) in [5.74, 6) is 0.907. The van der Waals surface area contributed by atoms with Gasteiger partial charge in [0.1, 0.15) is 5.75 Å². The number of hydrogen-bond acceptors (Lipinski definition) is 3. The first kappa shape index (κ1) is 24.0. The van der Waals surface area contributed by atoms with Gasteiger partial charge in [0.15, 0.2) is 5.96 Å². The van der Waals surface area contributed by atoms with E-state index in [4.69, 9.17) is 22.1 Å². The minimum Gasteiger partial charge on any atom is -0.495 e. The number of carbonyl (C=O) groups is 1. The second-order valence-electron chi connectivity index (χ2n) is 5.85. The highest BCUT2D eigenvalue weighted by Gasteiger charge is 2.11. The average Bonchev–Trinajstić information content (AvgIpc) is 2.68. The monoisotopic (exact) mass is 516 g/mol. The van der Waals surface area contributed by atoms with Crippen molar-refractivity contribution in [2.24, 2.45) is 10.7 Å². The van der Waals surface area contributed by atoms with Gasteiger partial charge < -0.3 is 20.7 Å². The van der Waals surface area contributed by atoms with Crippen LogP contribution in [0.15, 0.2) is 47.5 Å². The number of methoxy groups -OCH3 is 1. The lowest BCUT2D eigenvalue weighted by Gasteiger charge is -2.18. The van der Waals surface area contributed by atoms with Crippen molar-refractivity contribution in [3.8, 4) is 5.75 Å². The van der Waals surface area contributed by atoms with Crippen LogP contribution < -0.4 is 15.8 Å². The van der Waals surface area contributed by atoms with E-state index in [1.807, 2.05) is 38.1 Å². The molecule has 0 unspecified atom stereocenters. The van der Waals surface area contributed by atoms with Crippen molar-refractivity contribution in [1.82, 2.24) is 4.90 Å². The summed E-state index contributed by atoms with van der Waals surface area (Å²) in [4.78, 5) is 18.4. The standard InChI is InChI=1S/C20H25ClN4O2.HI/c1-4-25(5-2)19(26)15-8-6-14(7-9-15)13-23-20(22)24-16-10-11-18(27-3)17(21)12-16;/h6-12H,4-5,13H2,1-3H3,(H3,22,23,24);1H. The number of ether oxygens (including phenoxy) is 1. The van der Waals surface area contributed by atoms with Gasteiger partial charge in [0.25, 0.3) is 5.91 Å². The normalized spacial score (nSPS) is 10.8. The molecule has 0 radical (unpaired) electrons. The van der Waals surface area contributed by atoms with Crippen LogP contribution in [-0.4, -0.2) is 37.0 Å². The summed E-state index contributed by atoms with van der Waals surface area (Å²) in [6.45, 7) is 5.73. The largest absolute Gasteiger partial charge is 0.495 e. The zero-order valence-electron chi connectivity index (χ0n) is 16.2. The predicted molar refractivity (Wildman–Crippen MR) is 126 cm³/mol. The van der Waals surface area contributed by atoms with Crippen LogP contribution >= 0.6 is 35.6 Å². The zero-order chi connectivity index (χ0) is 19.8. The summed E-state index contributed by atoms with van der Waals surface area (Å²) in [5.41, 5.74) is 8.29. The molecule has 1 amide bonds. The number of anilines is 1. The van der Waals surface area contributed by atoms with Gasteiger partial charge in [-0.05, 0) is 49.7 Å². The van der Waals surface area contributed by atoms with Gasteiger partial charge in [0.2, 0.25) is 0 Å². The van der Waals surface area contributed by atoms with Crippen LogP contribution in [0.2, 0.25) is 5.02 Å². The second kappa shape index (κ2) is 11.8. The Morgan fingerprint density at radius 1 is 1.18 bits per heavy atom. The summed E-state index contributed by atoms with van der Waals surface area (Å²) < 4.78 is 5.12. The van der Waals surface area contributed by atoms with E-state index in [9.17, 15) is 4.79 Å². The Kier molecular flexibility index (Phi) is 10.1. The van der Waals surface area contributed by atoms with Gasteiger partial charge in [-0.15, -0.1) is 24.0 Å². The Bertz CT molecular complexity index is 808. The molecule has 2 aromatic carbocycles. The molecule has 0 bridgehead atoms. The van der Waals surface area contributed by atoms with Crippen molar-refractivity contribution in [3.63, 3.8) is 0 Å². The van der Waals surface area contributed by atoms with Crippen LogP contribution in [-0.2, 0) is 6.54 Å². The molecule has 6 nitrogen and oxygen atoms in total. The molecule has 2 aromatic rings. The smallest absolute Gasteiger partial charge is 0.253 e. The van der Waals surface area contributed by atoms with Gasteiger partial charge in [-0.1, -0.05) is 23.7 Å². The molecule has 0 aliphatic rings. The fourth-order valence-corrected chi connectivity index (χ4v) is 2.81. The highest BCUT2D eigenvalue weighted by Crippen LogP contribution is 2.27. The van der Waals surface area contributed by atoms with Gasteiger partial charge in [-0.3, -0.25) is 4.79 Å². The van der Waals surface area contributed by atoms with Crippen molar-refractivity contribution in [2.75, 3.05) is 25.5 Å². The maximum absolute atomic E-state index is 12.3. The maximum atomic E-state index is 12.3. The minimum absolute atomic E-state index is 0. The van der Waals surface area contributed by atoms with Crippen molar-refractivity contribution in [2.45, 2.75) is 20.4 Å². The van der Waals surface area contributed by atoms with Gasteiger partial charge in [-0.2, -0.15) is 0 Å². The average molecular weight is 517 g/mol. The summed E-state index contributed by atoms with van der Waals surface area (Å²) in [5, 5.41) is 3.48. The predicted octanol–water partition coefficient (Wildman–Crippen LogP) is 4.38. The van der Waals surface area contributed by atoms with Crippen molar-refractivity contribution < 1.29 is 9.53 Å². The molecular formula is C20H26ClIN4O2. The van der Waals surface area contributed by atoms with Gasteiger partial charge in [-0.25, -0.2) is 4.99 Å². The number of hydrogen-bond donors (Lipinski definition) is 2. The van der Waals surface area contributed by atoms with Gasteiger partial charge in [0.05, 0.1) is 18.7 Å². The Hall–Kier alpha value is -2.00. The molecule has 0 saturated carbocycles. The molecule has 152 valence electrons. The highest BCUT2D eigenvalue weighted by molar-refractivity contribution is 14.0. The number of benzene rings is 2.